The van der Waals surface area contributed by atoms with Crippen LogP contribution in [-0.4, -0.2) is 51.9 Å². The fourth-order valence-corrected chi connectivity index (χ4v) is 5.25. The molecule has 1 amide bonds. The molecule has 0 aromatic carbocycles. The summed E-state index contributed by atoms with van der Waals surface area (Å²) in [5, 5.41) is 3.34. The van der Waals surface area contributed by atoms with E-state index in [1.54, 1.807) is 12.4 Å². The van der Waals surface area contributed by atoms with Crippen LogP contribution in [0.15, 0.2) is 29.3 Å². The van der Waals surface area contributed by atoms with E-state index in [2.05, 4.69) is 15.3 Å². The van der Waals surface area contributed by atoms with E-state index in [-0.39, 0.29) is 16.9 Å². The number of pyridine rings is 1. The molecule has 152 valence electrons. The highest BCUT2D eigenvalue weighted by molar-refractivity contribution is 5.79. The van der Waals surface area contributed by atoms with Gasteiger partial charge in [-0.15, -0.1) is 0 Å². The molecule has 0 saturated carbocycles. The summed E-state index contributed by atoms with van der Waals surface area (Å²) in [6.45, 7) is 3.33. The zero-order valence-corrected chi connectivity index (χ0v) is 16.6. The van der Waals surface area contributed by atoms with Crippen molar-refractivity contribution in [1.29, 1.82) is 0 Å². The van der Waals surface area contributed by atoms with E-state index in [0.717, 1.165) is 81.5 Å². The summed E-state index contributed by atoms with van der Waals surface area (Å²) in [5.74, 6) is 1.00. The second kappa shape index (κ2) is 7.37. The molecule has 29 heavy (non-hydrogen) atoms. The number of hydrogen-bond donors (Lipinski definition) is 2. The molecule has 7 nitrogen and oxygen atoms in total. The number of nitrogens with one attached hydrogen (secondary N) is 2. The number of amides is 1. The first-order valence-electron chi connectivity index (χ1n) is 10.7. The summed E-state index contributed by atoms with van der Waals surface area (Å²) in [6, 6.07) is 3.77. The molecule has 2 N–H and O–H groups in total. The maximum absolute atomic E-state index is 12.9. The topological polar surface area (TPSA) is 91.0 Å². The van der Waals surface area contributed by atoms with Gasteiger partial charge < -0.3 is 15.2 Å². The number of piperidine rings is 2. The van der Waals surface area contributed by atoms with E-state index in [1.807, 2.05) is 17.0 Å². The zero-order chi connectivity index (χ0) is 19.8. The van der Waals surface area contributed by atoms with Crippen LogP contribution in [0.3, 0.4) is 0 Å². The summed E-state index contributed by atoms with van der Waals surface area (Å²) in [7, 11) is 0. The van der Waals surface area contributed by atoms with Gasteiger partial charge in [-0.05, 0) is 57.2 Å². The fourth-order valence-electron chi connectivity index (χ4n) is 5.25. The molecule has 0 radical (unpaired) electrons. The van der Waals surface area contributed by atoms with Gasteiger partial charge in [-0.2, -0.15) is 0 Å². The molecule has 0 unspecified atom stereocenters. The quantitative estimate of drug-likeness (QED) is 0.809. The van der Waals surface area contributed by atoms with Crippen LogP contribution in [0.4, 0.5) is 0 Å². The SMILES string of the molecule is O=C([C@@H]1CCCNC1)N1CCC2(CCc3c2nc(-c2cccnc2)[nH]c3=O)CC1. The van der Waals surface area contributed by atoms with Crippen LogP contribution >= 0.6 is 0 Å². The zero-order valence-electron chi connectivity index (χ0n) is 16.6. The summed E-state index contributed by atoms with van der Waals surface area (Å²) in [4.78, 5) is 39.7. The highest BCUT2D eigenvalue weighted by Gasteiger charge is 2.45. The van der Waals surface area contributed by atoms with Crippen molar-refractivity contribution >= 4 is 5.91 Å². The van der Waals surface area contributed by atoms with Crippen molar-refractivity contribution in [3.05, 3.63) is 46.1 Å². The van der Waals surface area contributed by atoms with Crippen molar-refractivity contribution in [2.45, 2.75) is 43.9 Å². The summed E-state index contributed by atoms with van der Waals surface area (Å²) < 4.78 is 0. The molecular formula is C22H27N5O2. The first kappa shape index (κ1) is 18.5. The summed E-state index contributed by atoms with van der Waals surface area (Å²) in [5.41, 5.74) is 2.49. The Bertz CT molecular complexity index is 957. The van der Waals surface area contributed by atoms with Crippen molar-refractivity contribution < 1.29 is 4.79 Å². The lowest BCUT2D eigenvalue weighted by atomic mass is 9.76. The van der Waals surface area contributed by atoms with Gasteiger partial charge in [0.05, 0.1) is 11.6 Å². The van der Waals surface area contributed by atoms with E-state index in [4.69, 9.17) is 4.98 Å². The molecule has 3 aliphatic rings. The predicted molar refractivity (Wildman–Crippen MR) is 109 cm³/mol. The van der Waals surface area contributed by atoms with Gasteiger partial charge in [0.1, 0.15) is 5.82 Å². The fraction of sp³-hybridized carbons (Fsp3) is 0.545. The maximum atomic E-state index is 12.9. The normalized spacial score (nSPS) is 23.2. The minimum atomic E-state index is -0.0812. The Kier molecular flexibility index (Phi) is 4.70. The second-order valence-corrected chi connectivity index (χ2v) is 8.63. The number of carbonyl (C=O) groups is 1. The molecule has 0 bridgehead atoms. The molecule has 1 spiro atoms. The molecule has 2 saturated heterocycles. The van der Waals surface area contributed by atoms with Gasteiger partial charge in [-0.3, -0.25) is 14.6 Å². The molecule has 2 aromatic heterocycles. The number of aromatic nitrogens is 3. The van der Waals surface area contributed by atoms with Crippen LogP contribution in [-0.2, 0) is 16.6 Å². The minimum Gasteiger partial charge on any atom is -0.342 e. The Balaban J connectivity index is 1.38. The lowest BCUT2D eigenvalue weighted by Gasteiger charge is -2.41. The van der Waals surface area contributed by atoms with E-state index in [1.165, 1.54) is 0 Å². The Labute approximate surface area is 170 Å². The highest BCUT2D eigenvalue weighted by Crippen LogP contribution is 2.44. The predicted octanol–water partition coefficient (Wildman–Crippen LogP) is 1.64. The number of nitrogens with zero attached hydrogens (tertiary/aromatic N) is 3. The van der Waals surface area contributed by atoms with Gasteiger partial charge in [0.25, 0.3) is 5.56 Å². The third-order valence-corrected chi connectivity index (χ3v) is 6.98. The van der Waals surface area contributed by atoms with Gasteiger partial charge in [0.15, 0.2) is 0 Å². The third-order valence-electron chi connectivity index (χ3n) is 6.98. The van der Waals surface area contributed by atoms with E-state index >= 15 is 0 Å². The number of H-pyrrole nitrogens is 1. The number of fused-ring (bicyclic) bond motifs is 2. The molecule has 2 aliphatic heterocycles. The smallest absolute Gasteiger partial charge is 0.254 e. The van der Waals surface area contributed by atoms with Gasteiger partial charge in [-0.1, -0.05) is 0 Å². The van der Waals surface area contributed by atoms with Crippen LogP contribution in [0, 0.1) is 5.92 Å². The number of likely N-dealkylation sites (tertiary alicyclic amines) is 1. The van der Waals surface area contributed by atoms with Crippen molar-refractivity contribution in [3.8, 4) is 11.4 Å². The van der Waals surface area contributed by atoms with Crippen molar-refractivity contribution in [2.75, 3.05) is 26.2 Å². The Morgan fingerprint density at radius 1 is 1.24 bits per heavy atom. The van der Waals surface area contributed by atoms with Crippen molar-refractivity contribution in [3.63, 3.8) is 0 Å². The van der Waals surface area contributed by atoms with Crippen LogP contribution in [0.2, 0.25) is 0 Å². The van der Waals surface area contributed by atoms with Gasteiger partial charge >= 0.3 is 0 Å². The van der Waals surface area contributed by atoms with Crippen molar-refractivity contribution in [2.24, 2.45) is 5.92 Å². The monoisotopic (exact) mass is 393 g/mol. The average Bonchev–Trinajstić information content (AvgIpc) is 3.13. The summed E-state index contributed by atoms with van der Waals surface area (Å²) in [6.07, 6.45) is 8.99. The lowest BCUT2D eigenvalue weighted by Crippen LogP contribution is -2.49. The van der Waals surface area contributed by atoms with E-state index in [9.17, 15) is 9.59 Å². The standard InChI is InChI=1S/C22H27N5O2/c28-20-17-5-6-22(18(17)25-19(26-20)15-3-1-9-23-13-15)7-11-27(12-8-22)21(29)16-4-2-10-24-14-16/h1,3,9,13,16,24H,2,4-8,10-12,14H2,(H,25,26,28)/t16-/m1/s1. The largest absolute Gasteiger partial charge is 0.342 e. The Hall–Kier alpha value is -2.54. The first-order chi connectivity index (χ1) is 14.2. The molecule has 4 heterocycles. The average molecular weight is 393 g/mol. The molecule has 7 heteroatoms. The molecular weight excluding hydrogens is 366 g/mol. The van der Waals surface area contributed by atoms with E-state index in [0.29, 0.717) is 11.7 Å². The van der Waals surface area contributed by atoms with Crippen LogP contribution in [0.25, 0.3) is 11.4 Å². The molecule has 1 atom stereocenters. The Morgan fingerprint density at radius 2 is 2.10 bits per heavy atom. The van der Waals surface area contributed by atoms with E-state index < -0.39 is 0 Å². The molecule has 1 aliphatic carbocycles. The molecule has 5 rings (SSSR count). The maximum Gasteiger partial charge on any atom is 0.254 e. The Morgan fingerprint density at radius 3 is 2.83 bits per heavy atom. The first-order valence-corrected chi connectivity index (χ1v) is 10.7. The highest BCUT2D eigenvalue weighted by atomic mass is 16.2. The van der Waals surface area contributed by atoms with Gasteiger partial charge in [0, 0.05) is 48.6 Å². The molecule has 2 fully saturated rings. The summed E-state index contributed by atoms with van der Waals surface area (Å²) >= 11 is 0. The van der Waals surface area contributed by atoms with Gasteiger partial charge in [-0.25, -0.2) is 4.98 Å². The number of hydrogen-bond acceptors (Lipinski definition) is 5. The third kappa shape index (κ3) is 3.27. The lowest BCUT2D eigenvalue weighted by molar-refractivity contribution is -0.137. The second-order valence-electron chi connectivity index (χ2n) is 8.63. The number of carbonyl (C=O) groups excluding carboxylic acids is 1. The van der Waals surface area contributed by atoms with Crippen LogP contribution < -0.4 is 10.9 Å². The van der Waals surface area contributed by atoms with Crippen molar-refractivity contribution in [1.82, 2.24) is 25.2 Å². The van der Waals surface area contributed by atoms with Crippen LogP contribution in [0.1, 0.15) is 43.4 Å². The van der Waals surface area contributed by atoms with Crippen LogP contribution in [0.5, 0.6) is 0 Å². The minimum absolute atomic E-state index is 0.0301. The van der Waals surface area contributed by atoms with Gasteiger partial charge in [0.2, 0.25) is 5.91 Å². The number of rotatable bonds is 2. The number of aromatic amines is 1. The molecule has 2 aromatic rings.